The van der Waals surface area contributed by atoms with Crippen molar-refractivity contribution in [1.29, 1.82) is 5.26 Å². The molecule has 1 aliphatic heterocycles. The Hall–Kier alpha value is -3.95. The van der Waals surface area contributed by atoms with E-state index in [1.807, 2.05) is 24.0 Å². The van der Waals surface area contributed by atoms with Crippen LogP contribution in [0, 0.1) is 11.3 Å². The average Bonchev–Trinajstić information content (AvgIpc) is 3.11. The van der Waals surface area contributed by atoms with Crippen molar-refractivity contribution < 1.29 is 9.59 Å². The van der Waals surface area contributed by atoms with Crippen LogP contribution in [0.3, 0.4) is 0 Å². The number of anilines is 1. The lowest BCUT2D eigenvalue weighted by atomic mass is 10.0. The predicted octanol–water partition coefficient (Wildman–Crippen LogP) is 4.46. The number of hydrogen-bond acceptors (Lipinski definition) is 5. The highest BCUT2D eigenvalue weighted by molar-refractivity contribution is 6.45. The van der Waals surface area contributed by atoms with Gasteiger partial charge in [-0.05, 0) is 73.0 Å². The van der Waals surface area contributed by atoms with Crippen LogP contribution >= 0.6 is 11.6 Å². The van der Waals surface area contributed by atoms with Crippen LogP contribution in [0.4, 0.5) is 5.69 Å². The van der Waals surface area contributed by atoms with E-state index >= 15 is 0 Å². The topological polar surface area (TPSA) is 77.3 Å². The molecule has 1 aromatic heterocycles. The number of carbonyl (C=O) groups excluding carboxylic acids is 2. The van der Waals surface area contributed by atoms with Crippen LogP contribution in [0.1, 0.15) is 23.6 Å². The summed E-state index contributed by atoms with van der Waals surface area (Å²) in [6.45, 7) is 3.08. The summed E-state index contributed by atoms with van der Waals surface area (Å²) in [5, 5.41) is 9.63. The zero-order valence-corrected chi connectivity index (χ0v) is 18.8. The zero-order chi connectivity index (χ0) is 23.4. The molecule has 0 aliphatic carbocycles. The molecule has 0 bridgehead atoms. The second-order valence-corrected chi connectivity index (χ2v) is 7.96. The molecule has 0 atom stereocenters. The Kier molecular flexibility index (Phi) is 6.53. The van der Waals surface area contributed by atoms with E-state index in [2.05, 4.69) is 11.1 Å². The van der Waals surface area contributed by atoms with E-state index in [1.165, 1.54) is 4.90 Å². The maximum Gasteiger partial charge on any atom is 0.282 e. The van der Waals surface area contributed by atoms with E-state index in [0.29, 0.717) is 52.6 Å². The van der Waals surface area contributed by atoms with E-state index in [1.54, 1.807) is 60.9 Å². The molecule has 6 nitrogen and oxygen atoms in total. The minimum atomic E-state index is -0.399. The van der Waals surface area contributed by atoms with Crippen molar-refractivity contribution in [2.75, 3.05) is 18.0 Å². The van der Waals surface area contributed by atoms with Crippen molar-refractivity contribution in [3.8, 4) is 6.07 Å². The van der Waals surface area contributed by atoms with Gasteiger partial charge >= 0.3 is 0 Å². The summed E-state index contributed by atoms with van der Waals surface area (Å²) >= 11 is 6.06. The molecule has 0 N–H and O–H groups in total. The summed E-state index contributed by atoms with van der Waals surface area (Å²) in [5.74, 6) is -0.782. The number of likely N-dealkylation sites (N-methyl/N-ethyl adjacent to an activating group) is 1. The lowest BCUT2D eigenvalue weighted by Crippen LogP contribution is -2.36. The Balaban J connectivity index is 1.75. The molecule has 0 fully saturated rings. The normalized spacial score (nSPS) is 13.4. The van der Waals surface area contributed by atoms with Crippen LogP contribution in [0.2, 0.25) is 5.02 Å². The van der Waals surface area contributed by atoms with Crippen LogP contribution in [-0.2, 0) is 16.0 Å². The third-order valence-corrected chi connectivity index (χ3v) is 5.82. The third-order valence-electron chi connectivity index (χ3n) is 5.56. The first-order valence-corrected chi connectivity index (χ1v) is 10.9. The molecule has 0 spiro atoms. The van der Waals surface area contributed by atoms with E-state index in [-0.39, 0.29) is 5.91 Å². The highest BCUT2D eigenvalue weighted by Gasteiger charge is 2.42. The van der Waals surface area contributed by atoms with Gasteiger partial charge in [-0.25, -0.2) is 4.90 Å². The quantitative estimate of drug-likeness (QED) is 0.491. The molecule has 0 saturated heterocycles. The third kappa shape index (κ3) is 4.50. The molecule has 0 saturated carbocycles. The van der Waals surface area contributed by atoms with E-state index in [4.69, 9.17) is 16.9 Å². The predicted molar refractivity (Wildman–Crippen MR) is 127 cm³/mol. The summed E-state index contributed by atoms with van der Waals surface area (Å²) < 4.78 is 0. The summed E-state index contributed by atoms with van der Waals surface area (Å²) in [7, 11) is 0. The van der Waals surface area contributed by atoms with Crippen molar-refractivity contribution >= 4 is 34.7 Å². The van der Waals surface area contributed by atoms with E-state index < -0.39 is 5.91 Å². The average molecular weight is 457 g/mol. The second kappa shape index (κ2) is 9.68. The number of carbonyl (C=O) groups is 2. The number of nitriles is 1. The van der Waals surface area contributed by atoms with Crippen LogP contribution in [0.5, 0.6) is 0 Å². The summed E-state index contributed by atoms with van der Waals surface area (Å²) in [4.78, 5) is 34.4. The summed E-state index contributed by atoms with van der Waals surface area (Å²) in [6, 6.07) is 19.3. The van der Waals surface area contributed by atoms with Gasteiger partial charge in [-0.15, -0.1) is 0 Å². The molecule has 33 heavy (non-hydrogen) atoms. The van der Waals surface area contributed by atoms with Gasteiger partial charge in [0.2, 0.25) is 0 Å². The van der Waals surface area contributed by atoms with Gasteiger partial charge in [-0.3, -0.25) is 14.6 Å². The highest BCUT2D eigenvalue weighted by atomic mass is 35.5. The first-order chi connectivity index (χ1) is 16.0. The zero-order valence-electron chi connectivity index (χ0n) is 18.0. The number of benzene rings is 2. The number of rotatable bonds is 7. The smallest absolute Gasteiger partial charge is 0.282 e. The molecule has 2 heterocycles. The number of nitrogens with zero attached hydrogens (tertiary/aromatic N) is 4. The van der Waals surface area contributed by atoms with E-state index in [9.17, 15) is 9.59 Å². The van der Waals surface area contributed by atoms with Crippen LogP contribution in [0.15, 0.2) is 78.8 Å². The number of imide groups is 1. The molecule has 0 unspecified atom stereocenters. The van der Waals surface area contributed by atoms with Crippen molar-refractivity contribution in [2.45, 2.75) is 13.3 Å². The number of hydrogen-bond donors (Lipinski definition) is 0. The van der Waals surface area contributed by atoms with Gasteiger partial charge in [0.25, 0.3) is 11.8 Å². The fraction of sp³-hybridized carbons (Fsp3) is 0.154. The monoisotopic (exact) mass is 456 g/mol. The first kappa shape index (κ1) is 22.3. The molecule has 2 aromatic carbocycles. The Labute approximate surface area is 197 Å². The lowest BCUT2D eigenvalue weighted by Gasteiger charge is -2.25. The molecular weight excluding hydrogens is 436 g/mol. The number of halogens is 1. The second-order valence-electron chi connectivity index (χ2n) is 7.52. The van der Waals surface area contributed by atoms with Gasteiger partial charge in [0.1, 0.15) is 5.70 Å². The molecule has 0 radical (unpaired) electrons. The van der Waals surface area contributed by atoms with Crippen molar-refractivity contribution in [3.63, 3.8) is 0 Å². The van der Waals surface area contributed by atoms with Crippen LogP contribution in [0.25, 0.3) is 5.57 Å². The molecule has 2 amide bonds. The highest BCUT2D eigenvalue weighted by Crippen LogP contribution is 2.35. The van der Waals surface area contributed by atoms with Gasteiger partial charge in [-0.1, -0.05) is 23.7 Å². The summed E-state index contributed by atoms with van der Waals surface area (Å²) in [5.41, 5.74) is 3.32. The maximum atomic E-state index is 13.6. The van der Waals surface area contributed by atoms with Gasteiger partial charge in [-0.2, -0.15) is 5.26 Å². The van der Waals surface area contributed by atoms with Gasteiger partial charge < -0.3 is 4.90 Å². The van der Waals surface area contributed by atoms with Crippen LogP contribution < -0.4 is 4.90 Å². The SMILES string of the molecule is CCN(CCc1ccncc1)C1=C(c2ccc(Cl)cc2)C(=O)N(c2ccc(C#N)cc2)C1=O. The minimum absolute atomic E-state index is 0.345. The van der Waals surface area contributed by atoms with Gasteiger partial charge in [0.15, 0.2) is 0 Å². The first-order valence-electron chi connectivity index (χ1n) is 10.6. The number of amides is 2. The molecule has 4 rings (SSSR count). The maximum absolute atomic E-state index is 13.6. The fourth-order valence-corrected chi connectivity index (χ4v) is 3.98. The Morgan fingerprint density at radius 3 is 2.24 bits per heavy atom. The Morgan fingerprint density at radius 2 is 1.64 bits per heavy atom. The molecule has 3 aromatic rings. The number of pyridine rings is 1. The molecule has 1 aliphatic rings. The minimum Gasteiger partial charge on any atom is -0.366 e. The Bertz CT molecular complexity index is 1250. The lowest BCUT2D eigenvalue weighted by molar-refractivity contribution is -0.120. The van der Waals surface area contributed by atoms with Gasteiger partial charge in [0.05, 0.1) is 22.9 Å². The van der Waals surface area contributed by atoms with Gasteiger partial charge in [0, 0.05) is 30.5 Å². The largest absolute Gasteiger partial charge is 0.366 e. The van der Waals surface area contributed by atoms with Crippen molar-refractivity contribution in [3.05, 3.63) is 100 Å². The molecule has 164 valence electrons. The standard InChI is InChI=1S/C26H21ClN4O2/c1-2-30(16-13-18-11-14-29-15-12-18)24-23(20-5-7-21(27)8-6-20)25(32)31(26(24)33)22-9-3-19(17-28)4-10-22/h3-12,14-15H,2,13,16H2,1H3. The Morgan fingerprint density at radius 1 is 0.970 bits per heavy atom. The number of aromatic nitrogens is 1. The molecule has 7 heteroatoms. The van der Waals surface area contributed by atoms with Crippen molar-refractivity contribution in [2.24, 2.45) is 0 Å². The summed E-state index contributed by atoms with van der Waals surface area (Å²) in [6.07, 6.45) is 4.17. The van der Waals surface area contributed by atoms with Crippen molar-refractivity contribution in [1.82, 2.24) is 9.88 Å². The fourth-order valence-electron chi connectivity index (χ4n) is 3.85. The van der Waals surface area contributed by atoms with E-state index in [0.717, 1.165) is 5.56 Å². The van der Waals surface area contributed by atoms with Crippen LogP contribution in [-0.4, -0.2) is 34.8 Å². The molecular formula is C26H21ClN4O2.